The second-order valence-electron chi connectivity index (χ2n) is 7.42. The van der Waals surface area contributed by atoms with E-state index in [0.29, 0.717) is 17.6 Å². The number of nitrogens with zero attached hydrogens (tertiary/aromatic N) is 1. The Morgan fingerprint density at radius 2 is 1.56 bits per heavy atom. The molecule has 108 valence electrons. The zero-order chi connectivity index (χ0) is 14.0. The van der Waals surface area contributed by atoms with Crippen LogP contribution in [0.25, 0.3) is 0 Å². The van der Waals surface area contributed by atoms with Gasteiger partial charge in [-0.2, -0.15) is 0 Å². The molecule has 0 amide bonds. The summed E-state index contributed by atoms with van der Waals surface area (Å²) in [5.41, 5.74) is 6.56. The quantitative estimate of drug-likeness (QED) is 0.840. The lowest BCUT2D eigenvalue weighted by Gasteiger charge is -2.47. The first-order chi connectivity index (χ1) is 8.16. The van der Waals surface area contributed by atoms with Gasteiger partial charge in [0.1, 0.15) is 0 Å². The van der Waals surface area contributed by atoms with Crippen molar-refractivity contribution in [2.75, 3.05) is 19.6 Å². The van der Waals surface area contributed by atoms with E-state index < -0.39 is 0 Å². The lowest BCUT2D eigenvalue weighted by molar-refractivity contribution is -0.1000. The third-order valence-corrected chi connectivity index (χ3v) is 4.04. The Balaban J connectivity index is 2.67. The molecular weight excluding hydrogens is 224 g/mol. The van der Waals surface area contributed by atoms with Crippen LogP contribution in [0.5, 0.6) is 0 Å². The van der Waals surface area contributed by atoms with Crippen molar-refractivity contribution < 1.29 is 4.74 Å². The SMILES string of the molecule is C[C@@H]1CN(C(C)(CN)CCC(C)(C)C)C[C@H](C)O1. The van der Waals surface area contributed by atoms with Crippen molar-refractivity contribution in [3.63, 3.8) is 0 Å². The van der Waals surface area contributed by atoms with Crippen LogP contribution in [0, 0.1) is 5.41 Å². The molecule has 0 aromatic rings. The van der Waals surface area contributed by atoms with Crippen LogP contribution in [0.3, 0.4) is 0 Å². The van der Waals surface area contributed by atoms with Crippen LogP contribution in [-0.2, 0) is 4.74 Å². The molecule has 1 aliphatic rings. The third-order valence-electron chi connectivity index (χ3n) is 4.04. The summed E-state index contributed by atoms with van der Waals surface area (Å²) in [5.74, 6) is 0. The van der Waals surface area contributed by atoms with E-state index in [1.807, 2.05) is 0 Å². The predicted octanol–water partition coefficient (Wildman–Crippen LogP) is 2.64. The smallest absolute Gasteiger partial charge is 0.0678 e. The van der Waals surface area contributed by atoms with Crippen molar-refractivity contribution in [1.82, 2.24) is 4.90 Å². The third kappa shape index (κ3) is 4.52. The Morgan fingerprint density at radius 3 is 1.94 bits per heavy atom. The van der Waals surface area contributed by atoms with Crippen molar-refractivity contribution in [1.29, 1.82) is 0 Å². The number of nitrogens with two attached hydrogens (primary N) is 1. The highest BCUT2D eigenvalue weighted by Crippen LogP contribution is 2.30. The largest absolute Gasteiger partial charge is 0.373 e. The van der Waals surface area contributed by atoms with Crippen LogP contribution in [0.1, 0.15) is 54.4 Å². The van der Waals surface area contributed by atoms with Crippen molar-refractivity contribution >= 4 is 0 Å². The maximum atomic E-state index is 6.08. The van der Waals surface area contributed by atoms with E-state index in [1.54, 1.807) is 0 Å². The van der Waals surface area contributed by atoms with Crippen molar-refractivity contribution in [3.05, 3.63) is 0 Å². The molecule has 0 aromatic carbocycles. The van der Waals surface area contributed by atoms with Crippen molar-refractivity contribution in [2.24, 2.45) is 11.1 Å². The van der Waals surface area contributed by atoms with E-state index >= 15 is 0 Å². The second-order valence-corrected chi connectivity index (χ2v) is 7.42. The number of hydrogen-bond acceptors (Lipinski definition) is 3. The maximum Gasteiger partial charge on any atom is 0.0678 e. The first kappa shape index (κ1) is 15.9. The molecule has 3 nitrogen and oxygen atoms in total. The van der Waals surface area contributed by atoms with Crippen LogP contribution >= 0.6 is 0 Å². The lowest BCUT2D eigenvalue weighted by atomic mass is 9.82. The molecule has 1 heterocycles. The van der Waals surface area contributed by atoms with Crippen molar-refractivity contribution in [2.45, 2.75) is 72.1 Å². The summed E-state index contributed by atoms with van der Waals surface area (Å²) in [5, 5.41) is 0. The summed E-state index contributed by atoms with van der Waals surface area (Å²) < 4.78 is 5.82. The van der Waals surface area contributed by atoms with E-state index in [4.69, 9.17) is 10.5 Å². The van der Waals surface area contributed by atoms with Crippen LogP contribution in [-0.4, -0.2) is 42.3 Å². The molecule has 1 unspecified atom stereocenters. The average molecular weight is 256 g/mol. The molecule has 2 N–H and O–H groups in total. The summed E-state index contributed by atoms with van der Waals surface area (Å²) in [6.07, 6.45) is 3.00. The van der Waals surface area contributed by atoms with Gasteiger partial charge in [0.15, 0.2) is 0 Å². The fraction of sp³-hybridized carbons (Fsp3) is 1.00. The standard InChI is InChI=1S/C15H32N2O/c1-12-9-17(10-13(2)18-12)15(6,11-16)8-7-14(3,4)5/h12-13H,7-11,16H2,1-6H3/t12-,13+,15?. The zero-order valence-electron chi connectivity index (χ0n) is 13.1. The monoisotopic (exact) mass is 256 g/mol. The van der Waals surface area contributed by atoms with Crippen LogP contribution in [0.2, 0.25) is 0 Å². The molecule has 1 rings (SSSR count). The van der Waals surface area contributed by atoms with Gasteiger partial charge in [-0.1, -0.05) is 20.8 Å². The normalized spacial score (nSPS) is 30.2. The highest BCUT2D eigenvalue weighted by Gasteiger charge is 2.36. The Morgan fingerprint density at radius 1 is 1.06 bits per heavy atom. The number of morpholine rings is 1. The summed E-state index contributed by atoms with van der Waals surface area (Å²) in [6, 6.07) is 0. The molecular formula is C15H32N2O. The minimum Gasteiger partial charge on any atom is -0.373 e. The van der Waals surface area contributed by atoms with Gasteiger partial charge in [-0.3, -0.25) is 4.90 Å². The molecule has 0 bridgehead atoms. The van der Waals surface area contributed by atoms with Crippen molar-refractivity contribution in [3.8, 4) is 0 Å². The van der Waals surface area contributed by atoms with Gasteiger partial charge in [-0.25, -0.2) is 0 Å². The first-order valence-corrected chi connectivity index (χ1v) is 7.27. The molecule has 0 radical (unpaired) electrons. The predicted molar refractivity (Wildman–Crippen MR) is 77.7 cm³/mol. The Labute approximate surface area is 113 Å². The molecule has 3 heteroatoms. The lowest BCUT2D eigenvalue weighted by Crippen LogP contribution is -2.59. The minimum atomic E-state index is 0.111. The highest BCUT2D eigenvalue weighted by atomic mass is 16.5. The van der Waals surface area contributed by atoms with E-state index in [2.05, 4.69) is 46.4 Å². The fourth-order valence-electron chi connectivity index (χ4n) is 2.65. The molecule has 0 spiro atoms. The van der Waals surface area contributed by atoms with E-state index in [0.717, 1.165) is 26.1 Å². The molecule has 18 heavy (non-hydrogen) atoms. The zero-order valence-corrected chi connectivity index (χ0v) is 13.1. The molecule has 1 fully saturated rings. The van der Waals surface area contributed by atoms with Crippen LogP contribution in [0.4, 0.5) is 0 Å². The summed E-state index contributed by atoms with van der Waals surface area (Å²) in [6.45, 7) is 16.3. The van der Waals surface area contributed by atoms with Crippen LogP contribution < -0.4 is 5.73 Å². The number of ether oxygens (including phenoxy) is 1. The Hall–Kier alpha value is -0.120. The summed E-state index contributed by atoms with van der Waals surface area (Å²) >= 11 is 0. The van der Waals surface area contributed by atoms with Gasteiger partial charge in [0.2, 0.25) is 0 Å². The average Bonchev–Trinajstić information content (AvgIpc) is 2.23. The minimum absolute atomic E-state index is 0.111. The van der Waals surface area contributed by atoms with Crippen LogP contribution in [0.15, 0.2) is 0 Å². The van der Waals surface area contributed by atoms with Gasteiger partial charge in [0.05, 0.1) is 12.2 Å². The van der Waals surface area contributed by atoms with Gasteiger partial charge in [0.25, 0.3) is 0 Å². The topological polar surface area (TPSA) is 38.5 Å². The number of rotatable bonds is 4. The molecule has 0 saturated carbocycles. The summed E-state index contributed by atoms with van der Waals surface area (Å²) in [4.78, 5) is 2.54. The Kier molecular flexibility index (Phi) is 5.22. The number of hydrogen-bond donors (Lipinski definition) is 1. The van der Waals surface area contributed by atoms with E-state index in [1.165, 1.54) is 6.42 Å². The van der Waals surface area contributed by atoms with Gasteiger partial charge < -0.3 is 10.5 Å². The maximum absolute atomic E-state index is 6.08. The molecule has 3 atom stereocenters. The summed E-state index contributed by atoms with van der Waals surface area (Å²) in [7, 11) is 0. The second kappa shape index (κ2) is 5.89. The fourth-order valence-corrected chi connectivity index (χ4v) is 2.65. The van der Waals surface area contributed by atoms with Gasteiger partial charge in [-0.15, -0.1) is 0 Å². The van der Waals surface area contributed by atoms with E-state index in [9.17, 15) is 0 Å². The molecule has 1 saturated heterocycles. The van der Waals surface area contributed by atoms with Gasteiger partial charge >= 0.3 is 0 Å². The van der Waals surface area contributed by atoms with Gasteiger partial charge in [0, 0.05) is 25.2 Å². The Bertz CT molecular complexity index is 252. The highest BCUT2D eigenvalue weighted by molar-refractivity contribution is 4.92. The van der Waals surface area contributed by atoms with Gasteiger partial charge in [-0.05, 0) is 39.0 Å². The molecule has 0 aliphatic carbocycles. The van der Waals surface area contributed by atoms with E-state index in [-0.39, 0.29) is 5.54 Å². The molecule has 1 aliphatic heterocycles. The first-order valence-electron chi connectivity index (χ1n) is 7.27. The molecule has 0 aromatic heterocycles.